The summed E-state index contributed by atoms with van der Waals surface area (Å²) in [7, 11) is 0. The van der Waals surface area contributed by atoms with Crippen LogP contribution in [0.3, 0.4) is 0 Å². The van der Waals surface area contributed by atoms with Gasteiger partial charge >= 0.3 is 0 Å². The van der Waals surface area contributed by atoms with Crippen LogP contribution in [-0.2, 0) is 4.79 Å². The van der Waals surface area contributed by atoms with E-state index in [-0.39, 0.29) is 11.8 Å². The number of amides is 1. The summed E-state index contributed by atoms with van der Waals surface area (Å²) in [4.78, 5) is 19.1. The molecule has 1 fully saturated rings. The molecule has 0 aromatic carbocycles. The monoisotopic (exact) mass is 211 g/mol. The summed E-state index contributed by atoms with van der Waals surface area (Å²) in [5.74, 6) is 0.664. The first kappa shape index (κ1) is 9.40. The fourth-order valence-electron chi connectivity index (χ4n) is 1.30. The number of carbonyl (C=O) groups is 1. The number of nitrogens with one attached hydrogen (secondary N) is 1. The average Bonchev–Trinajstić information content (AvgIpc) is 1.99. The number of hydrogen-bond acceptors (Lipinski definition) is 3. The largest absolute Gasteiger partial charge is 0.310 e. The van der Waals surface area contributed by atoms with Gasteiger partial charge in [0.05, 0.1) is 0 Å². The van der Waals surface area contributed by atoms with E-state index in [1.165, 1.54) is 12.4 Å². The third-order valence-corrected chi connectivity index (χ3v) is 2.57. The maximum absolute atomic E-state index is 11.5. The highest BCUT2D eigenvalue weighted by Crippen LogP contribution is 2.27. The van der Waals surface area contributed by atoms with Crippen LogP contribution in [0.1, 0.15) is 19.3 Å². The Morgan fingerprint density at radius 3 is 2.86 bits per heavy atom. The Hall–Kier alpha value is -1.16. The van der Waals surface area contributed by atoms with E-state index in [2.05, 4.69) is 15.3 Å². The van der Waals surface area contributed by atoms with Crippen molar-refractivity contribution < 1.29 is 4.79 Å². The summed E-state index contributed by atoms with van der Waals surface area (Å²) in [5, 5.41) is 3.05. The van der Waals surface area contributed by atoms with Crippen molar-refractivity contribution in [3.63, 3.8) is 0 Å². The first-order valence-electron chi connectivity index (χ1n) is 4.54. The normalized spacial score (nSPS) is 16.1. The van der Waals surface area contributed by atoms with E-state index < -0.39 is 0 Å². The van der Waals surface area contributed by atoms with Crippen molar-refractivity contribution >= 4 is 23.3 Å². The van der Waals surface area contributed by atoms with Crippen LogP contribution < -0.4 is 5.32 Å². The number of carbonyl (C=O) groups excluding carboxylic acids is 1. The molecule has 1 aromatic heterocycles. The Balaban J connectivity index is 1.99. The molecule has 1 aliphatic carbocycles. The van der Waals surface area contributed by atoms with Crippen molar-refractivity contribution in [3.05, 3.63) is 17.5 Å². The van der Waals surface area contributed by atoms with Gasteiger partial charge in [-0.1, -0.05) is 18.0 Å². The number of halogens is 1. The van der Waals surface area contributed by atoms with Gasteiger partial charge in [0.15, 0.2) is 0 Å². The first-order valence-corrected chi connectivity index (χ1v) is 4.92. The quantitative estimate of drug-likeness (QED) is 0.760. The molecule has 0 bridgehead atoms. The van der Waals surface area contributed by atoms with Gasteiger partial charge in [-0.15, -0.1) is 0 Å². The van der Waals surface area contributed by atoms with E-state index in [0.717, 1.165) is 19.3 Å². The summed E-state index contributed by atoms with van der Waals surface area (Å²) >= 11 is 5.65. The molecule has 1 aliphatic rings. The molecule has 5 heteroatoms. The highest BCUT2D eigenvalue weighted by atomic mass is 35.5. The number of hydrogen-bond donors (Lipinski definition) is 1. The van der Waals surface area contributed by atoms with Crippen LogP contribution >= 0.6 is 11.6 Å². The van der Waals surface area contributed by atoms with E-state index in [1.807, 2.05) is 0 Å². The average molecular weight is 212 g/mol. The van der Waals surface area contributed by atoms with Gasteiger partial charge in [-0.25, -0.2) is 9.97 Å². The van der Waals surface area contributed by atoms with Crippen molar-refractivity contribution in [2.45, 2.75) is 19.3 Å². The summed E-state index contributed by atoms with van der Waals surface area (Å²) in [6.07, 6.45) is 4.43. The van der Waals surface area contributed by atoms with E-state index in [0.29, 0.717) is 11.0 Å². The van der Waals surface area contributed by atoms with Crippen molar-refractivity contribution in [2.24, 2.45) is 5.92 Å². The predicted molar refractivity (Wildman–Crippen MR) is 53.0 cm³/mol. The molecule has 2 rings (SSSR count). The van der Waals surface area contributed by atoms with Gasteiger partial charge in [0.2, 0.25) is 5.91 Å². The van der Waals surface area contributed by atoms with Gasteiger partial charge in [-0.3, -0.25) is 4.79 Å². The molecule has 1 heterocycles. The highest BCUT2D eigenvalue weighted by molar-refractivity contribution is 6.29. The molecular formula is C9H10ClN3O. The van der Waals surface area contributed by atoms with Crippen LogP contribution in [0.15, 0.2) is 12.4 Å². The standard InChI is InChI=1S/C9H10ClN3O/c10-7-4-8(12-5-11-7)13-9(14)6-2-1-3-6/h4-6H,1-3H2,(H,11,12,13,14). The molecule has 14 heavy (non-hydrogen) atoms. The third-order valence-electron chi connectivity index (χ3n) is 2.36. The zero-order valence-corrected chi connectivity index (χ0v) is 8.29. The molecule has 0 atom stereocenters. The SMILES string of the molecule is O=C(Nc1cc(Cl)ncn1)C1CCC1. The van der Waals surface area contributed by atoms with Crippen LogP contribution in [0.4, 0.5) is 5.82 Å². The zero-order chi connectivity index (χ0) is 9.97. The van der Waals surface area contributed by atoms with Gasteiger partial charge in [-0.2, -0.15) is 0 Å². The van der Waals surface area contributed by atoms with Crippen molar-refractivity contribution in [3.8, 4) is 0 Å². The van der Waals surface area contributed by atoms with Crippen LogP contribution in [0.2, 0.25) is 5.15 Å². The minimum absolute atomic E-state index is 0.0333. The lowest BCUT2D eigenvalue weighted by atomic mass is 9.85. The maximum atomic E-state index is 11.5. The molecule has 0 aliphatic heterocycles. The van der Waals surface area contributed by atoms with Crippen LogP contribution in [0.5, 0.6) is 0 Å². The lowest BCUT2D eigenvalue weighted by molar-refractivity contribution is -0.122. The number of rotatable bonds is 2. The first-order chi connectivity index (χ1) is 6.75. The minimum Gasteiger partial charge on any atom is -0.310 e. The van der Waals surface area contributed by atoms with Gasteiger partial charge < -0.3 is 5.32 Å². The lowest BCUT2D eigenvalue weighted by Crippen LogP contribution is -2.28. The molecule has 1 N–H and O–H groups in total. The second-order valence-corrected chi connectivity index (χ2v) is 3.73. The minimum atomic E-state index is 0.0333. The molecule has 74 valence electrons. The molecule has 0 radical (unpaired) electrons. The molecule has 1 saturated carbocycles. The zero-order valence-electron chi connectivity index (χ0n) is 7.53. The summed E-state index contributed by atoms with van der Waals surface area (Å²) < 4.78 is 0. The Morgan fingerprint density at radius 2 is 2.29 bits per heavy atom. The fourth-order valence-corrected chi connectivity index (χ4v) is 1.45. The van der Waals surface area contributed by atoms with E-state index in [9.17, 15) is 4.79 Å². The van der Waals surface area contributed by atoms with Crippen molar-refractivity contribution in [1.82, 2.24) is 9.97 Å². The Kier molecular flexibility index (Phi) is 2.63. The van der Waals surface area contributed by atoms with E-state index in [4.69, 9.17) is 11.6 Å². The number of aromatic nitrogens is 2. The van der Waals surface area contributed by atoms with E-state index >= 15 is 0 Å². The Morgan fingerprint density at radius 1 is 1.50 bits per heavy atom. The smallest absolute Gasteiger partial charge is 0.228 e. The second-order valence-electron chi connectivity index (χ2n) is 3.34. The van der Waals surface area contributed by atoms with Gasteiger partial charge in [0.1, 0.15) is 17.3 Å². The van der Waals surface area contributed by atoms with Crippen LogP contribution in [0, 0.1) is 5.92 Å². The lowest BCUT2D eigenvalue weighted by Gasteiger charge is -2.23. The summed E-state index contributed by atoms with van der Waals surface area (Å²) in [6, 6.07) is 1.54. The molecule has 0 unspecified atom stereocenters. The highest BCUT2D eigenvalue weighted by Gasteiger charge is 2.25. The topological polar surface area (TPSA) is 54.9 Å². The Bertz CT molecular complexity index is 352. The maximum Gasteiger partial charge on any atom is 0.228 e. The predicted octanol–water partition coefficient (Wildman–Crippen LogP) is 1.87. The third kappa shape index (κ3) is 2.01. The number of anilines is 1. The molecule has 1 amide bonds. The van der Waals surface area contributed by atoms with E-state index in [1.54, 1.807) is 0 Å². The van der Waals surface area contributed by atoms with Crippen molar-refractivity contribution in [1.29, 1.82) is 0 Å². The van der Waals surface area contributed by atoms with Crippen LogP contribution in [-0.4, -0.2) is 15.9 Å². The van der Waals surface area contributed by atoms with Gasteiger partial charge in [0.25, 0.3) is 0 Å². The molecule has 4 nitrogen and oxygen atoms in total. The molecule has 0 spiro atoms. The van der Waals surface area contributed by atoms with Crippen molar-refractivity contribution in [2.75, 3.05) is 5.32 Å². The Labute approximate surface area is 86.7 Å². The molecule has 0 saturated heterocycles. The van der Waals surface area contributed by atoms with Crippen LogP contribution in [0.25, 0.3) is 0 Å². The van der Waals surface area contributed by atoms with Gasteiger partial charge in [0, 0.05) is 12.0 Å². The summed E-state index contributed by atoms with van der Waals surface area (Å²) in [6.45, 7) is 0. The summed E-state index contributed by atoms with van der Waals surface area (Å²) in [5.41, 5.74) is 0. The van der Waals surface area contributed by atoms with Gasteiger partial charge in [-0.05, 0) is 12.8 Å². The second kappa shape index (κ2) is 3.92. The number of nitrogens with zero attached hydrogens (tertiary/aromatic N) is 2. The fraction of sp³-hybridized carbons (Fsp3) is 0.444. The molecular weight excluding hydrogens is 202 g/mol. The molecule has 1 aromatic rings.